The molecule has 0 bridgehead atoms. The molecule has 0 saturated carbocycles. The molecule has 19 heavy (non-hydrogen) atoms. The van der Waals surface area contributed by atoms with Crippen LogP contribution in [0.1, 0.15) is 11.5 Å². The number of phenolic OH excluding ortho intramolecular Hbond substituents is 1. The monoisotopic (exact) mass is 252 g/mol. The SMILES string of the molecule is N#CC(C(=O)Nc1ccc(O)cc1)c1ccccc1. The van der Waals surface area contributed by atoms with Gasteiger partial charge < -0.3 is 10.4 Å². The van der Waals surface area contributed by atoms with E-state index in [0.717, 1.165) is 0 Å². The highest BCUT2D eigenvalue weighted by atomic mass is 16.3. The van der Waals surface area contributed by atoms with Crippen LogP contribution < -0.4 is 5.32 Å². The molecule has 0 aliphatic rings. The van der Waals surface area contributed by atoms with Crippen molar-refractivity contribution >= 4 is 11.6 Å². The normalized spacial score (nSPS) is 11.3. The molecule has 0 aromatic heterocycles. The zero-order valence-corrected chi connectivity index (χ0v) is 10.1. The highest BCUT2D eigenvalue weighted by molar-refractivity contribution is 5.97. The van der Waals surface area contributed by atoms with Crippen molar-refractivity contribution in [1.29, 1.82) is 5.26 Å². The zero-order valence-electron chi connectivity index (χ0n) is 10.1. The maximum absolute atomic E-state index is 12.0. The van der Waals surface area contributed by atoms with Crippen molar-refractivity contribution in [2.45, 2.75) is 5.92 Å². The van der Waals surface area contributed by atoms with Gasteiger partial charge in [-0.3, -0.25) is 4.79 Å². The number of anilines is 1. The standard InChI is InChI=1S/C15H12N2O2/c16-10-14(11-4-2-1-3-5-11)15(19)17-12-6-8-13(18)9-7-12/h1-9,14,18H,(H,17,19). The van der Waals surface area contributed by atoms with Gasteiger partial charge in [-0.1, -0.05) is 30.3 Å². The smallest absolute Gasteiger partial charge is 0.246 e. The third-order valence-corrected chi connectivity index (χ3v) is 2.66. The van der Waals surface area contributed by atoms with Gasteiger partial charge in [-0.2, -0.15) is 5.26 Å². The molecule has 0 heterocycles. The number of nitrogens with one attached hydrogen (secondary N) is 1. The first-order valence-corrected chi connectivity index (χ1v) is 5.75. The second kappa shape index (κ2) is 5.69. The number of nitriles is 1. The second-order valence-electron chi connectivity index (χ2n) is 4.01. The van der Waals surface area contributed by atoms with Gasteiger partial charge in [0.2, 0.25) is 5.91 Å². The number of benzene rings is 2. The Morgan fingerprint density at radius 3 is 2.32 bits per heavy atom. The molecule has 94 valence electrons. The fourth-order valence-corrected chi connectivity index (χ4v) is 1.69. The minimum absolute atomic E-state index is 0.123. The summed E-state index contributed by atoms with van der Waals surface area (Å²) in [5, 5.41) is 20.9. The van der Waals surface area contributed by atoms with E-state index < -0.39 is 5.92 Å². The van der Waals surface area contributed by atoms with E-state index in [1.54, 1.807) is 36.4 Å². The Kier molecular flexibility index (Phi) is 3.79. The lowest BCUT2D eigenvalue weighted by molar-refractivity contribution is -0.116. The van der Waals surface area contributed by atoms with Crippen LogP contribution in [0.2, 0.25) is 0 Å². The van der Waals surface area contributed by atoms with Crippen molar-refractivity contribution in [3.8, 4) is 11.8 Å². The highest BCUT2D eigenvalue weighted by Gasteiger charge is 2.19. The summed E-state index contributed by atoms with van der Waals surface area (Å²) in [4.78, 5) is 12.0. The van der Waals surface area contributed by atoms with Gasteiger partial charge in [-0.25, -0.2) is 0 Å². The summed E-state index contributed by atoms with van der Waals surface area (Å²) in [5.74, 6) is -1.12. The molecule has 2 rings (SSSR count). The van der Waals surface area contributed by atoms with E-state index in [2.05, 4.69) is 5.32 Å². The average molecular weight is 252 g/mol. The third-order valence-electron chi connectivity index (χ3n) is 2.66. The molecule has 0 saturated heterocycles. The lowest BCUT2D eigenvalue weighted by Gasteiger charge is -2.10. The Balaban J connectivity index is 2.14. The molecule has 0 fully saturated rings. The minimum Gasteiger partial charge on any atom is -0.508 e. The van der Waals surface area contributed by atoms with Crippen LogP contribution in [0.4, 0.5) is 5.69 Å². The molecule has 1 amide bonds. The van der Waals surface area contributed by atoms with Gasteiger partial charge >= 0.3 is 0 Å². The Morgan fingerprint density at radius 1 is 1.11 bits per heavy atom. The number of carbonyl (C=O) groups is 1. The number of hydrogen-bond acceptors (Lipinski definition) is 3. The molecule has 2 aromatic carbocycles. The summed E-state index contributed by atoms with van der Waals surface area (Å²) in [6.07, 6.45) is 0. The summed E-state index contributed by atoms with van der Waals surface area (Å²) in [6, 6.07) is 17.0. The van der Waals surface area contributed by atoms with Crippen molar-refractivity contribution < 1.29 is 9.90 Å². The first-order valence-electron chi connectivity index (χ1n) is 5.75. The maximum atomic E-state index is 12.0. The van der Waals surface area contributed by atoms with Crippen molar-refractivity contribution in [3.63, 3.8) is 0 Å². The molecule has 4 nitrogen and oxygen atoms in total. The van der Waals surface area contributed by atoms with E-state index in [1.807, 2.05) is 12.1 Å². The summed E-state index contributed by atoms with van der Waals surface area (Å²) >= 11 is 0. The van der Waals surface area contributed by atoms with Gasteiger partial charge in [0.15, 0.2) is 5.92 Å². The van der Waals surface area contributed by atoms with E-state index >= 15 is 0 Å². The van der Waals surface area contributed by atoms with Crippen LogP contribution in [0, 0.1) is 11.3 Å². The van der Waals surface area contributed by atoms with Gasteiger partial charge in [0, 0.05) is 5.69 Å². The van der Waals surface area contributed by atoms with E-state index in [1.165, 1.54) is 12.1 Å². The Labute approximate surface area is 110 Å². The summed E-state index contributed by atoms with van der Waals surface area (Å²) in [6.45, 7) is 0. The first-order chi connectivity index (χ1) is 9.20. The van der Waals surface area contributed by atoms with E-state index in [-0.39, 0.29) is 11.7 Å². The lowest BCUT2D eigenvalue weighted by atomic mass is 10.00. The molecule has 2 N–H and O–H groups in total. The fraction of sp³-hybridized carbons (Fsp3) is 0.0667. The topological polar surface area (TPSA) is 73.1 Å². The van der Waals surface area contributed by atoms with Crippen molar-refractivity contribution in [1.82, 2.24) is 0 Å². The number of rotatable bonds is 3. The van der Waals surface area contributed by atoms with Crippen LogP contribution in [0.3, 0.4) is 0 Å². The van der Waals surface area contributed by atoms with Gasteiger partial charge in [-0.05, 0) is 29.8 Å². The summed E-state index contributed by atoms with van der Waals surface area (Å²) < 4.78 is 0. The Hall–Kier alpha value is -2.80. The van der Waals surface area contributed by atoms with Gasteiger partial charge in [0.05, 0.1) is 6.07 Å². The average Bonchev–Trinajstić information content (AvgIpc) is 2.43. The summed E-state index contributed by atoms with van der Waals surface area (Å²) in [5.41, 5.74) is 1.19. The summed E-state index contributed by atoms with van der Waals surface area (Å²) in [7, 11) is 0. The van der Waals surface area contributed by atoms with Gasteiger partial charge in [0.25, 0.3) is 0 Å². The predicted octanol–water partition coefficient (Wildman–Crippen LogP) is 2.64. The number of phenols is 1. The Morgan fingerprint density at radius 2 is 1.74 bits per heavy atom. The number of nitrogens with zero attached hydrogens (tertiary/aromatic N) is 1. The van der Waals surface area contributed by atoms with Crippen molar-refractivity contribution in [2.75, 3.05) is 5.32 Å². The fourth-order valence-electron chi connectivity index (χ4n) is 1.69. The van der Waals surface area contributed by atoms with E-state index in [4.69, 9.17) is 10.4 Å². The largest absolute Gasteiger partial charge is 0.508 e. The molecular weight excluding hydrogens is 240 g/mol. The molecule has 0 aliphatic carbocycles. The van der Waals surface area contributed by atoms with Crippen molar-refractivity contribution in [3.05, 3.63) is 60.2 Å². The number of carbonyl (C=O) groups excluding carboxylic acids is 1. The van der Waals surface area contributed by atoms with Crippen molar-refractivity contribution in [2.24, 2.45) is 0 Å². The zero-order chi connectivity index (χ0) is 13.7. The number of hydrogen-bond donors (Lipinski definition) is 2. The van der Waals surface area contributed by atoms with Crippen LogP contribution >= 0.6 is 0 Å². The predicted molar refractivity (Wildman–Crippen MR) is 71.5 cm³/mol. The molecule has 1 unspecified atom stereocenters. The quantitative estimate of drug-likeness (QED) is 0.825. The highest BCUT2D eigenvalue weighted by Crippen LogP contribution is 2.19. The number of aromatic hydroxyl groups is 1. The minimum atomic E-state index is -0.852. The molecule has 0 radical (unpaired) electrons. The number of amides is 1. The van der Waals surface area contributed by atoms with Crippen LogP contribution in [0.25, 0.3) is 0 Å². The molecule has 4 heteroatoms. The van der Waals surface area contributed by atoms with Crippen LogP contribution in [-0.2, 0) is 4.79 Å². The van der Waals surface area contributed by atoms with E-state index in [9.17, 15) is 4.79 Å². The molecule has 1 atom stereocenters. The third kappa shape index (κ3) is 3.11. The first kappa shape index (κ1) is 12.7. The molecule has 0 spiro atoms. The van der Waals surface area contributed by atoms with Gasteiger partial charge in [0.1, 0.15) is 5.75 Å². The van der Waals surface area contributed by atoms with E-state index in [0.29, 0.717) is 11.3 Å². The maximum Gasteiger partial charge on any atom is 0.246 e. The van der Waals surface area contributed by atoms with Crippen LogP contribution in [-0.4, -0.2) is 11.0 Å². The second-order valence-corrected chi connectivity index (χ2v) is 4.01. The lowest BCUT2D eigenvalue weighted by Crippen LogP contribution is -2.19. The van der Waals surface area contributed by atoms with Crippen LogP contribution in [0.15, 0.2) is 54.6 Å². The molecule has 0 aliphatic heterocycles. The van der Waals surface area contributed by atoms with Gasteiger partial charge in [-0.15, -0.1) is 0 Å². The Bertz CT molecular complexity index is 600. The molecule has 2 aromatic rings. The molecular formula is C15H12N2O2. The van der Waals surface area contributed by atoms with Crippen LogP contribution in [0.5, 0.6) is 5.75 Å².